The predicted molar refractivity (Wildman–Crippen MR) is 90.5 cm³/mol. The average molecular weight is 359 g/mol. The van der Waals surface area contributed by atoms with Gasteiger partial charge in [0.2, 0.25) is 0 Å². The summed E-state index contributed by atoms with van der Waals surface area (Å²) in [5.41, 5.74) is -0.925. The van der Waals surface area contributed by atoms with E-state index in [-0.39, 0.29) is 22.5 Å². The van der Waals surface area contributed by atoms with E-state index in [1.165, 1.54) is 35.0 Å². The Kier molecular flexibility index (Phi) is 3.33. The zero-order valence-electron chi connectivity index (χ0n) is 13.4. The SMILES string of the molecule is Cn1cc2c(n1)c(=O)n(-c1cccc(O)c1)c1cc(C(F)(F)F)ccc21. The van der Waals surface area contributed by atoms with Gasteiger partial charge in [-0.1, -0.05) is 12.1 Å². The first-order chi connectivity index (χ1) is 12.3. The molecule has 4 aromatic rings. The van der Waals surface area contributed by atoms with Gasteiger partial charge in [-0.15, -0.1) is 0 Å². The highest BCUT2D eigenvalue weighted by Gasteiger charge is 2.31. The monoisotopic (exact) mass is 359 g/mol. The Bertz CT molecular complexity index is 1220. The van der Waals surface area contributed by atoms with Crippen molar-refractivity contribution in [3.05, 3.63) is 64.6 Å². The fraction of sp³-hybridized carbons (Fsp3) is 0.111. The van der Waals surface area contributed by atoms with E-state index in [1.807, 2.05) is 0 Å². The Balaban J connectivity index is 2.22. The summed E-state index contributed by atoms with van der Waals surface area (Å²) in [6, 6.07) is 9.03. The van der Waals surface area contributed by atoms with Gasteiger partial charge in [0.1, 0.15) is 5.75 Å². The molecule has 0 saturated carbocycles. The zero-order chi connectivity index (χ0) is 18.6. The van der Waals surface area contributed by atoms with Gasteiger partial charge >= 0.3 is 6.18 Å². The Morgan fingerprint density at radius 3 is 2.54 bits per heavy atom. The molecular formula is C18H12F3N3O2. The summed E-state index contributed by atoms with van der Waals surface area (Å²) in [6.45, 7) is 0. The minimum atomic E-state index is -4.54. The third-order valence-corrected chi connectivity index (χ3v) is 4.18. The van der Waals surface area contributed by atoms with Crippen LogP contribution in [0.1, 0.15) is 5.56 Å². The van der Waals surface area contributed by atoms with Crippen LogP contribution in [0.5, 0.6) is 5.75 Å². The maximum atomic E-state index is 13.2. The second-order valence-corrected chi connectivity index (χ2v) is 5.96. The van der Waals surface area contributed by atoms with Gasteiger partial charge in [-0.2, -0.15) is 18.3 Å². The van der Waals surface area contributed by atoms with Gasteiger partial charge in [-0.3, -0.25) is 14.0 Å². The van der Waals surface area contributed by atoms with Crippen molar-refractivity contribution in [1.82, 2.24) is 14.3 Å². The lowest BCUT2D eigenvalue weighted by atomic mass is 10.1. The van der Waals surface area contributed by atoms with Gasteiger partial charge in [0.05, 0.1) is 16.8 Å². The fourth-order valence-electron chi connectivity index (χ4n) is 3.07. The molecule has 2 aromatic carbocycles. The number of aromatic nitrogens is 3. The molecule has 2 aromatic heterocycles. The van der Waals surface area contributed by atoms with Crippen LogP contribution >= 0.6 is 0 Å². The molecule has 8 heteroatoms. The van der Waals surface area contributed by atoms with E-state index in [9.17, 15) is 23.1 Å². The van der Waals surface area contributed by atoms with Gasteiger partial charge in [0.25, 0.3) is 5.56 Å². The molecule has 0 atom stereocenters. The molecule has 1 N–H and O–H groups in total. The van der Waals surface area contributed by atoms with Gasteiger partial charge in [-0.25, -0.2) is 0 Å². The van der Waals surface area contributed by atoms with Gasteiger partial charge in [-0.05, 0) is 24.3 Å². The molecule has 26 heavy (non-hydrogen) atoms. The molecule has 0 radical (unpaired) electrons. The van der Waals surface area contributed by atoms with Crippen molar-refractivity contribution in [3.63, 3.8) is 0 Å². The number of phenolic OH excluding ortho intramolecular Hbond substituents is 1. The van der Waals surface area contributed by atoms with Crippen molar-refractivity contribution in [2.45, 2.75) is 6.18 Å². The number of fused-ring (bicyclic) bond motifs is 3. The highest BCUT2D eigenvalue weighted by molar-refractivity contribution is 6.04. The first-order valence-electron chi connectivity index (χ1n) is 7.64. The van der Waals surface area contributed by atoms with E-state index < -0.39 is 17.3 Å². The third kappa shape index (κ3) is 2.42. The van der Waals surface area contributed by atoms with E-state index in [0.717, 1.165) is 16.7 Å². The van der Waals surface area contributed by atoms with Gasteiger partial charge in [0.15, 0.2) is 5.52 Å². The molecule has 0 amide bonds. The van der Waals surface area contributed by atoms with Crippen LogP contribution < -0.4 is 5.56 Å². The number of rotatable bonds is 1. The van der Waals surface area contributed by atoms with Crippen LogP contribution in [0.25, 0.3) is 27.5 Å². The quantitative estimate of drug-likeness (QED) is 0.565. The number of alkyl halides is 3. The Hall–Kier alpha value is -3.29. The number of aromatic hydroxyl groups is 1. The number of phenols is 1. The number of nitrogens with zero attached hydrogens (tertiary/aromatic N) is 3. The summed E-state index contributed by atoms with van der Waals surface area (Å²) in [5.74, 6) is -0.101. The molecule has 0 aliphatic rings. The van der Waals surface area contributed by atoms with Gasteiger partial charge in [0, 0.05) is 30.1 Å². The molecule has 0 aliphatic heterocycles. The van der Waals surface area contributed by atoms with E-state index in [0.29, 0.717) is 10.8 Å². The molecule has 0 spiro atoms. The molecule has 0 fully saturated rings. The largest absolute Gasteiger partial charge is 0.508 e. The number of pyridine rings is 1. The van der Waals surface area contributed by atoms with E-state index >= 15 is 0 Å². The maximum absolute atomic E-state index is 13.2. The summed E-state index contributed by atoms with van der Waals surface area (Å²) in [7, 11) is 1.63. The Morgan fingerprint density at radius 1 is 1.08 bits per heavy atom. The van der Waals surface area contributed by atoms with Crippen LogP contribution in [0.4, 0.5) is 13.2 Å². The second-order valence-electron chi connectivity index (χ2n) is 5.96. The minimum absolute atomic E-state index is 0.0934. The lowest BCUT2D eigenvalue weighted by molar-refractivity contribution is -0.137. The molecule has 0 bridgehead atoms. The van der Waals surface area contributed by atoms with Crippen LogP contribution in [0.3, 0.4) is 0 Å². The molecule has 0 saturated heterocycles. The number of hydrogen-bond acceptors (Lipinski definition) is 3. The van der Waals surface area contributed by atoms with Crippen LogP contribution in [0.2, 0.25) is 0 Å². The van der Waals surface area contributed by atoms with Crippen molar-refractivity contribution in [2.24, 2.45) is 7.05 Å². The van der Waals surface area contributed by atoms with Crippen molar-refractivity contribution < 1.29 is 18.3 Å². The lowest BCUT2D eigenvalue weighted by Gasteiger charge is -2.14. The maximum Gasteiger partial charge on any atom is 0.416 e. The highest BCUT2D eigenvalue weighted by atomic mass is 19.4. The number of benzene rings is 2. The molecule has 2 heterocycles. The van der Waals surface area contributed by atoms with E-state index in [1.54, 1.807) is 13.2 Å². The molecular weight excluding hydrogens is 347 g/mol. The minimum Gasteiger partial charge on any atom is -0.508 e. The lowest BCUT2D eigenvalue weighted by Crippen LogP contribution is -2.20. The van der Waals surface area contributed by atoms with Crippen LogP contribution in [0.15, 0.2) is 53.5 Å². The Labute approximate surface area is 144 Å². The summed E-state index contributed by atoms with van der Waals surface area (Å²) >= 11 is 0. The first kappa shape index (κ1) is 16.2. The molecule has 0 unspecified atom stereocenters. The molecule has 0 aliphatic carbocycles. The standard InChI is InChI=1S/C18H12F3N3O2/c1-23-9-14-13-6-5-10(18(19,20)21)7-15(13)24(17(26)16(14)22-23)11-3-2-4-12(25)8-11/h2-9,25H,1H3. The number of halogens is 3. The van der Waals surface area contributed by atoms with E-state index in [2.05, 4.69) is 5.10 Å². The zero-order valence-corrected chi connectivity index (χ0v) is 13.4. The topological polar surface area (TPSA) is 60.0 Å². The van der Waals surface area contributed by atoms with Crippen LogP contribution in [0, 0.1) is 0 Å². The molecule has 132 valence electrons. The van der Waals surface area contributed by atoms with Crippen molar-refractivity contribution >= 4 is 21.8 Å². The summed E-state index contributed by atoms with van der Waals surface area (Å²) in [4.78, 5) is 13.0. The van der Waals surface area contributed by atoms with Crippen molar-refractivity contribution in [3.8, 4) is 11.4 Å². The van der Waals surface area contributed by atoms with Crippen molar-refractivity contribution in [2.75, 3.05) is 0 Å². The summed E-state index contributed by atoms with van der Waals surface area (Å²) in [5, 5.41) is 14.8. The second kappa shape index (κ2) is 5.35. The predicted octanol–water partition coefficient (Wildman–Crippen LogP) is 3.60. The van der Waals surface area contributed by atoms with Gasteiger partial charge < -0.3 is 5.11 Å². The number of hydrogen-bond donors (Lipinski definition) is 1. The normalized spacial score (nSPS) is 12.2. The fourth-order valence-corrected chi connectivity index (χ4v) is 3.07. The molecule has 5 nitrogen and oxygen atoms in total. The number of aryl methyl sites for hydroxylation is 1. The van der Waals surface area contributed by atoms with Crippen LogP contribution in [-0.4, -0.2) is 19.5 Å². The summed E-state index contributed by atoms with van der Waals surface area (Å²) in [6.07, 6.45) is -2.95. The summed E-state index contributed by atoms with van der Waals surface area (Å²) < 4.78 is 42.1. The third-order valence-electron chi connectivity index (χ3n) is 4.18. The first-order valence-corrected chi connectivity index (χ1v) is 7.64. The highest BCUT2D eigenvalue weighted by Crippen LogP contribution is 2.33. The van der Waals surface area contributed by atoms with E-state index in [4.69, 9.17) is 0 Å². The van der Waals surface area contributed by atoms with Crippen LogP contribution in [-0.2, 0) is 13.2 Å². The molecule has 4 rings (SSSR count). The smallest absolute Gasteiger partial charge is 0.416 e. The Morgan fingerprint density at radius 2 is 1.85 bits per heavy atom. The average Bonchev–Trinajstić information content (AvgIpc) is 2.96. The van der Waals surface area contributed by atoms with Crippen molar-refractivity contribution in [1.29, 1.82) is 0 Å².